The Labute approximate surface area is 295 Å². The van der Waals surface area contributed by atoms with Gasteiger partial charge in [0.2, 0.25) is 11.7 Å². The van der Waals surface area contributed by atoms with Crippen molar-refractivity contribution in [3.05, 3.63) is 35.6 Å². The van der Waals surface area contributed by atoms with E-state index in [1.165, 1.54) is 23.1 Å². The van der Waals surface area contributed by atoms with E-state index in [1.54, 1.807) is 6.20 Å². The Morgan fingerprint density at radius 2 is 1.76 bits per heavy atom. The van der Waals surface area contributed by atoms with E-state index in [1.807, 2.05) is 0 Å². The summed E-state index contributed by atoms with van der Waals surface area (Å²) in [6, 6.07) is 0. The number of fused-ring (bicyclic) bond motifs is 7. The first-order valence-electron chi connectivity index (χ1n) is 18.9. The number of allylic oxidation sites excluding steroid dienone is 1. The molecule has 5 N–H and O–H groups in total. The summed E-state index contributed by atoms with van der Waals surface area (Å²) in [7, 11) is 0. The summed E-state index contributed by atoms with van der Waals surface area (Å²) in [4.78, 5) is 26.1. The maximum Gasteiger partial charge on any atom is 0.377 e. The molecule has 2 heterocycles. The average Bonchev–Trinajstić information content (AvgIpc) is 3.75. The van der Waals surface area contributed by atoms with Gasteiger partial charge < -0.3 is 30.5 Å². The molecule has 1 aromatic heterocycles. The fourth-order valence-electron chi connectivity index (χ4n) is 13.4. The van der Waals surface area contributed by atoms with Crippen LogP contribution in [0.15, 0.2) is 29.9 Å². The summed E-state index contributed by atoms with van der Waals surface area (Å²) in [5, 5.41) is 52.6. The van der Waals surface area contributed by atoms with Crippen LogP contribution in [0.4, 0.5) is 0 Å². The molecule has 11 heteroatoms. The zero-order valence-electron chi connectivity index (χ0n) is 30.7. The van der Waals surface area contributed by atoms with Gasteiger partial charge >= 0.3 is 5.97 Å². The van der Waals surface area contributed by atoms with Gasteiger partial charge in [-0.1, -0.05) is 52.0 Å². The van der Waals surface area contributed by atoms with Crippen LogP contribution >= 0.6 is 0 Å². The molecule has 6 aliphatic rings. The van der Waals surface area contributed by atoms with Crippen LogP contribution in [0, 0.1) is 56.7 Å². The molecule has 7 rings (SSSR count). The van der Waals surface area contributed by atoms with Crippen LogP contribution < -0.4 is 5.32 Å². The molecule has 5 aliphatic carbocycles. The van der Waals surface area contributed by atoms with Crippen LogP contribution in [0.25, 0.3) is 0 Å². The molecule has 5 saturated carbocycles. The number of aliphatic hydroxyl groups excluding tert-OH is 4. The number of nitrogens with one attached hydrogen (secondary N) is 1. The molecule has 0 spiro atoms. The van der Waals surface area contributed by atoms with E-state index in [0.29, 0.717) is 29.4 Å². The molecule has 1 amide bonds. The van der Waals surface area contributed by atoms with Gasteiger partial charge in [0.25, 0.3) is 0 Å². The van der Waals surface area contributed by atoms with Crippen LogP contribution in [0.2, 0.25) is 0 Å². The number of hydrogen-bond donors (Lipinski definition) is 5. The van der Waals surface area contributed by atoms with Crippen LogP contribution in [0.1, 0.15) is 111 Å². The Morgan fingerprint density at radius 1 is 1.02 bits per heavy atom. The predicted molar refractivity (Wildman–Crippen MR) is 185 cm³/mol. The zero-order valence-corrected chi connectivity index (χ0v) is 30.7. The lowest BCUT2D eigenvalue weighted by atomic mass is 9.32. The van der Waals surface area contributed by atoms with Crippen LogP contribution in [0.3, 0.4) is 0 Å². The third-order valence-corrected chi connectivity index (χ3v) is 16.2. The van der Waals surface area contributed by atoms with Crippen molar-refractivity contribution in [3.63, 3.8) is 0 Å². The van der Waals surface area contributed by atoms with Gasteiger partial charge in [-0.25, -0.2) is 9.48 Å². The SMILES string of the molecule is C=C(C)[C@@H]1CC[C@]2(C(=O)NCc3cn(C[C@H](O)[C@H]4OC(=O)C(O)=C4O)nn3)CC[C@]3(C)[C@H](CC[C@@H]4[C@@]5(C)CC[C@H](O)C(C)(C)[C@@H]5CC[C@]43C)[C@@H]12. The van der Waals surface area contributed by atoms with Crippen molar-refractivity contribution in [2.45, 2.75) is 137 Å². The highest BCUT2D eigenvalue weighted by molar-refractivity contribution is 5.89. The maximum absolute atomic E-state index is 14.5. The molecule has 11 nitrogen and oxygen atoms in total. The number of amides is 1. The van der Waals surface area contributed by atoms with Gasteiger partial charge in [-0.3, -0.25) is 4.79 Å². The molecule has 0 unspecified atom stereocenters. The Morgan fingerprint density at radius 3 is 2.44 bits per heavy atom. The number of nitrogens with zero attached hydrogens (tertiary/aromatic N) is 3. The molecule has 276 valence electrons. The first-order chi connectivity index (χ1) is 23.4. The standard InChI is InChI=1S/C39H58N4O7/c1-21(2)23-10-15-39(34(49)40-18-22-19-43(42-41-22)20-25(44)32-30(46)31(47)33(48)50-32)17-16-37(6)24(29(23)39)8-9-27-36(5)13-12-28(45)35(3,4)26(36)11-14-38(27,37)7/h19,23-29,32,44-47H,1,8-18,20H2,2-7H3,(H,40,49)/t23-,24+,25-,26-,27+,28-,29+,32+,36-,37+,38+,39-/m0/s1. The molecule has 0 radical (unpaired) electrons. The van der Waals surface area contributed by atoms with Gasteiger partial charge in [0.15, 0.2) is 11.9 Å². The van der Waals surface area contributed by atoms with E-state index >= 15 is 0 Å². The highest BCUT2D eigenvalue weighted by Crippen LogP contribution is 2.77. The van der Waals surface area contributed by atoms with Gasteiger partial charge in [0.05, 0.1) is 30.8 Å². The smallest absolute Gasteiger partial charge is 0.377 e. The van der Waals surface area contributed by atoms with Crippen LogP contribution in [-0.4, -0.2) is 65.6 Å². The largest absolute Gasteiger partial charge is 0.505 e. The Bertz CT molecular complexity index is 1600. The summed E-state index contributed by atoms with van der Waals surface area (Å²) in [6.07, 6.45) is 8.95. The molecular weight excluding hydrogens is 636 g/mol. The van der Waals surface area contributed by atoms with Crippen molar-refractivity contribution >= 4 is 11.9 Å². The maximum atomic E-state index is 14.5. The lowest BCUT2D eigenvalue weighted by molar-refractivity contribution is -0.246. The zero-order chi connectivity index (χ0) is 36.2. The van der Waals surface area contributed by atoms with Crippen molar-refractivity contribution in [1.29, 1.82) is 0 Å². The molecule has 1 aromatic rings. The quantitative estimate of drug-likeness (QED) is 0.182. The molecule has 5 fully saturated rings. The number of carbonyl (C=O) groups is 2. The number of ether oxygens (including phenoxy) is 1. The molecular formula is C39H58N4O7. The molecule has 12 atom stereocenters. The normalized spacial score (nSPS) is 44.0. The summed E-state index contributed by atoms with van der Waals surface area (Å²) in [5.41, 5.74) is 1.63. The Balaban J connectivity index is 1.09. The van der Waals surface area contributed by atoms with Crippen molar-refractivity contribution in [3.8, 4) is 0 Å². The fourth-order valence-corrected chi connectivity index (χ4v) is 13.4. The van der Waals surface area contributed by atoms with Gasteiger partial charge in [-0.15, -0.1) is 5.10 Å². The minimum atomic E-state index is -1.39. The van der Waals surface area contributed by atoms with Crippen LogP contribution in [-0.2, 0) is 27.4 Å². The number of carbonyl (C=O) groups excluding carboxylic acids is 2. The van der Waals surface area contributed by atoms with Gasteiger partial charge in [-0.05, 0) is 122 Å². The van der Waals surface area contributed by atoms with E-state index in [2.05, 4.69) is 63.8 Å². The number of esters is 1. The first kappa shape index (κ1) is 35.5. The van der Waals surface area contributed by atoms with Crippen molar-refractivity contribution in [1.82, 2.24) is 20.3 Å². The van der Waals surface area contributed by atoms with Crippen molar-refractivity contribution in [2.24, 2.45) is 56.7 Å². The Kier molecular flexibility index (Phi) is 8.37. The lowest BCUT2D eigenvalue weighted by Crippen LogP contribution is -2.67. The molecule has 0 aromatic carbocycles. The second-order valence-corrected chi connectivity index (χ2v) is 18.5. The van der Waals surface area contributed by atoms with E-state index in [0.717, 1.165) is 51.4 Å². The second-order valence-electron chi connectivity index (χ2n) is 18.5. The van der Waals surface area contributed by atoms with Gasteiger partial charge in [0.1, 0.15) is 11.8 Å². The third-order valence-electron chi connectivity index (χ3n) is 16.2. The van der Waals surface area contributed by atoms with Crippen molar-refractivity contribution < 1.29 is 34.8 Å². The number of rotatable bonds is 7. The van der Waals surface area contributed by atoms with Crippen LogP contribution in [0.5, 0.6) is 0 Å². The van der Waals surface area contributed by atoms with E-state index in [-0.39, 0.29) is 52.7 Å². The Hall–Kier alpha value is -2.92. The number of aliphatic hydroxyl groups is 4. The molecule has 0 saturated heterocycles. The monoisotopic (exact) mass is 694 g/mol. The average molecular weight is 695 g/mol. The third kappa shape index (κ3) is 4.87. The number of cyclic esters (lactones) is 1. The lowest BCUT2D eigenvalue weighted by Gasteiger charge is -2.72. The van der Waals surface area contributed by atoms with Gasteiger partial charge in [-0.2, -0.15) is 0 Å². The van der Waals surface area contributed by atoms with E-state index in [4.69, 9.17) is 4.74 Å². The topological polar surface area (TPSA) is 167 Å². The highest BCUT2D eigenvalue weighted by Gasteiger charge is 2.71. The summed E-state index contributed by atoms with van der Waals surface area (Å²) in [5.74, 6) is -0.562. The minimum absolute atomic E-state index is 0.0807. The fraction of sp³-hybridized carbons (Fsp3) is 0.795. The van der Waals surface area contributed by atoms with E-state index in [9.17, 15) is 30.0 Å². The second kappa shape index (κ2) is 11.8. The highest BCUT2D eigenvalue weighted by atomic mass is 16.6. The minimum Gasteiger partial charge on any atom is -0.505 e. The summed E-state index contributed by atoms with van der Waals surface area (Å²) >= 11 is 0. The molecule has 1 aliphatic heterocycles. The van der Waals surface area contributed by atoms with Crippen molar-refractivity contribution in [2.75, 3.05) is 0 Å². The molecule has 50 heavy (non-hydrogen) atoms. The number of hydrogen-bond acceptors (Lipinski definition) is 9. The summed E-state index contributed by atoms with van der Waals surface area (Å²) in [6.45, 7) is 19.0. The predicted octanol–water partition coefficient (Wildman–Crippen LogP) is 5.53. The summed E-state index contributed by atoms with van der Waals surface area (Å²) < 4.78 is 6.23. The molecule has 0 bridgehead atoms. The van der Waals surface area contributed by atoms with E-state index < -0.39 is 35.1 Å². The first-order valence-corrected chi connectivity index (χ1v) is 18.9. The number of aromatic nitrogens is 3. The van der Waals surface area contributed by atoms with Gasteiger partial charge in [0, 0.05) is 0 Å².